The minimum Gasteiger partial charge on any atom is -0.411 e. The molecule has 1 heterocycles. The molecule has 2 aromatic rings. The first kappa shape index (κ1) is 11.3. The van der Waals surface area contributed by atoms with Crippen LogP contribution < -0.4 is 0 Å². The Kier molecular flexibility index (Phi) is 3.49. The zero-order chi connectivity index (χ0) is 12.1. The molecular formula is C12H14N4O. The van der Waals surface area contributed by atoms with Crippen LogP contribution in [0.2, 0.25) is 0 Å². The molecule has 0 fully saturated rings. The Morgan fingerprint density at radius 3 is 2.71 bits per heavy atom. The second kappa shape index (κ2) is 5.25. The minimum atomic E-state index is 0.614. The van der Waals surface area contributed by atoms with Gasteiger partial charge in [0.05, 0.1) is 5.71 Å². The van der Waals surface area contributed by atoms with Crippen LogP contribution in [0.5, 0.6) is 0 Å². The molecule has 0 aliphatic heterocycles. The van der Waals surface area contributed by atoms with Crippen molar-refractivity contribution in [3.63, 3.8) is 0 Å². The summed E-state index contributed by atoms with van der Waals surface area (Å²) in [5.74, 6) is 0. The molecule has 0 bridgehead atoms. The van der Waals surface area contributed by atoms with Gasteiger partial charge in [-0.1, -0.05) is 35.0 Å². The van der Waals surface area contributed by atoms with Crippen molar-refractivity contribution >= 4 is 5.71 Å². The molecule has 17 heavy (non-hydrogen) atoms. The first-order chi connectivity index (χ1) is 8.29. The normalized spacial score (nSPS) is 11.7. The predicted molar refractivity (Wildman–Crippen MR) is 64.1 cm³/mol. The molecule has 2 rings (SSSR count). The average molecular weight is 230 g/mol. The second-order valence-electron chi connectivity index (χ2n) is 3.82. The maximum absolute atomic E-state index is 9.02. The molecule has 0 aliphatic rings. The number of aryl methyl sites for hydroxylation is 2. The SMILES string of the molecule is Cc1ccc(C(CCn2cncn2)=NO)cc1. The Labute approximate surface area is 99.4 Å². The van der Waals surface area contributed by atoms with Crippen molar-refractivity contribution in [1.29, 1.82) is 0 Å². The highest BCUT2D eigenvalue weighted by Crippen LogP contribution is 2.07. The van der Waals surface area contributed by atoms with Gasteiger partial charge in [-0.3, -0.25) is 4.68 Å². The Balaban J connectivity index is 2.05. The summed E-state index contributed by atoms with van der Waals surface area (Å²) in [4.78, 5) is 3.86. The molecule has 0 unspecified atom stereocenters. The molecule has 88 valence electrons. The van der Waals surface area contributed by atoms with Gasteiger partial charge in [0.25, 0.3) is 0 Å². The molecule has 0 saturated carbocycles. The lowest BCUT2D eigenvalue weighted by molar-refractivity contribution is 0.317. The van der Waals surface area contributed by atoms with Crippen LogP contribution in [0.3, 0.4) is 0 Å². The van der Waals surface area contributed by atoms with Gasteiger partial charge in [-0.2, -0.15) is 5.10 Å². The average Bonchev–Trinajstić information content (AvgIpc) is 2.85. The zero-order valence-corrected chi connectivity index (χ0v) is 9.61. The van der Waals surface area contributed by atoms with Crippen LogP contribution in [0.1, 0.15) is 17.5 Å². The van der Waals surface area contributed by atoms with E-state index in [2.05, 4.69) is 15.2 Å². The van der Waals surface area contributed by atoms with Gasteiger partial charge in [0.1, 0.15) is 12.7 Å². The van der Waals surface area contributed by atoms with Crippen LogP contribution in [0.15, 0.2) is 42.1 Å². The Hall–Kier alpha value is -2.17. The van der Waals surface area contributed by atoms with Gasteiger partial charge in [0.15, 0.2) is 0 Å². The number of hydrogen-bond donors (Lipinski definition) is 1. The van der Waals surface area contributed by atoms with E-state index in [4.69, 9.17) is 5.21 Å². The number of oxime groups is 1. The summed E-state index contributed by atoms with van der Waals surface area (Å²) in [6.07, 6.45) is 3.74. The second-order valence-corrected chi connectivity index (χ2v) is 3.82. The van der Waals surface area contributed by atoms with E-state index in [1.54, 1.807) is 11.0 Å². The topological polar surface area (TPSA) is 63.3 Å². The highest BCUT2D eigenvalue weighted by Gasteiger charge is 2.04. The van der Waals surface area contributed by atoms with Crippen LogP contribution in [0.4, 0.5) is 0 Å². The summed E-state index contributed by atoms with van der Waals surface area (Å²) in [6.45, 7) is 2.67. The number of benzene rings is 1. The molecule has 5 nitrogen and oxygen atoms in total. The van der Waals surface area contributed by atoms with Gasteiger partial charge in [-0.05, 0) is 12.5 Å². The zero-order valence-electron chi connectivity index (χ0n) is 9.61. The van der Waals surface area contributed by atoms with Crippen LogP contribution >= 0.6 is 0 Å². The molecule has 0 amide bonds. The lowest BCUT2D eigenvalue weighted by Gasteiger charge is -2.05. The van der Waals surface area contributed by atoms with Crippen molar-refractivity contribution in [2.75, 3.05) is 0 Å². The van der Waals surface area contributed by atoms with Crippen molar-refractivity contribution in [2.24, 2.45) is 5.16 Å². The highest BCUT2D eigenvalue weighted by molar-refractivity contribution is 6.00. The fourth-order valence-electron chi connectivity index (χ4n) is 1.57. The Morgan fingerprint density at radius 1 is 1.35 bits per heavy atom. The third-order valence-corrected chi connectivity index (χ3v) is 2.55. The molecule has 1 aromatic carbocycles. The smallest absolute Gasteiger partial charge is 0.137 e. The standard InChI is InChI=1S/C12H14N4O/c1-10-2-4-11(5-3-10)12(15-17)6-7-16-9-13-8-14-16/h2-5,8-9,17H,6-7H2,1H3. The predicted octanol–water partition coefficient (Wildman–Crippen LogP) is 1.86. The molecule has 0 radical (unpaired) electrons. The summed E-state index contributed by atoms with van der Waals surface area (Å²) >= 11 is 0. The first-order valence-corrected chi connectivity index (χ1v) is 5.40. The quantitative estimate of drug-likeness (QED) is 0.495. The Bertz CT molecular complexity index is 488. The van der Waals surface area contributed by atoms with Crippen molar-refractivity contribution in [1.82, 2.24) is 14.8 Å². The van der Waals surface area contributed by atoms with E-state index in [0.29, 0.717) is 18.7 Å². The van der Waals surface area contributed by atoms with Crippen molar-refractivity contribution in [3.05, 3.63) is 48.0 Å². The summed E-state index contributed by atoms with van der Waals surface area (Å²) < 4.78 is 1.71. The third kappa shape index (κ3) is 2.90. The molecule has 0 saturated heterocycles. The molecule has 0 spiro atoms. The van der Waals surface area contributed by atoms with Crippen LogP contribution in [-0.4, -0.2) is 25.7 Å². The molecular weight excluding hydrogens is 216 g/mol. The monoisotopic (exact) mass is 230 g/mol. The van der Waals surface area contributed by atoms with E-state index >= 15 is 0 Å². The van der Waals surface area contributed by atoms with Crippen molar-refractivity contribution < 1.29 is 5.21 Å². The van der Waals surface area contributed by atoms with Gasteiger partial charge >= 0.3 is 0 Å². The van der Waals surface area contributed by atoms with Gasteiger partial charge < -0.3 is 5.21 Å². The van der Waals surface area contributed by atoms with E-state index in [0.717, 1.165) is 5.56 Å². The van der Waals surface area contributed by atoms with Crippen LogP contribution in [-0.2, 0) is 6.54 Å². The summed E-state index contributed by atoms with van der Waals surface area (Å²) in [7, 11) is 0. The maximum atomic E-state index is 9.02. The number of hydrogen-bond acceptors (Lipinski definition) is 4. The summed E-state index contributed by atoms with van der Waals surface area (Å²) in [5.41, 5.74) is 2.76. The number of aromatic nitrogens is 3. The van der Waals surface area contributed by atoms with Crippen LogP contribution in [0.25, 0.3) is 0 Å². The van der Waals surface area contributed by atoms with Gasteiger partial charge in [-0.15, -0.1) is 0 Å². The van der Waals surface area contributed by atoms with E-state index in [-0.39, 0.29) is 0 Å². The lowest BCUT2D eigenvalue weighted by atomic mass is 10.1. The largest absolute Gasteiger partial charge is 0.411 e. The fraction of sp³-hybridized carbons (Fsp3) is 0.250. The van der Waals surface area contributed by atoms with E-state index in [9.17, 15) is 0 Å². The number of rotatable bonds is 4. The lowest BCUT2D eigenvalue weighted by Crippen LogP contribution is -2.07. The molecule has 5 heteroatoms. The fourth-order valence-corrected chi connectivity index (χ4v) is 1.57. The van der Waals surface area contributed by atoms with E-state index in [1.165, 1.54) is 11.9 Å². The number of nitrogens with zero attached hydrogens (tertiary/aromatic N) is 4. The van der Waals surface area contributed by atoms with Crippen molar-refractivity contribution in [2.45, 2.75) is 19.9 Å². The summed E-state index contributed by atoms with van der Waals surface area (Å²) in [5, 5.41) is 16.4. The van der Waals surface area contributed by atoms with Gasteiger partial charge in [-0.25, -0.2) is 4.98 Å². The molecule has 0 atom stereocenters. The summed E-state index contributed by atoms with van der Waals surface area (Å²) in [6, 6.07) is 7.89. The molecule has 1 aromatic heterocycles. The first-order valence-electron chi connectivity index (χ1n) is 5.40. The maximum Gasteiger partial charge on any atom is 0.137 e. The van der Waals surface area contributed by atoms with E-state index < -0.39 is 0 Å². The van der Waals surface area contributed by atoms with Gasteiger partial charge in [0, 0.05) is 13.0 Å². The molecule has 1 N–H and O–H groups in total. The Morgan fingerprint density at radius 2 is 2.12 bits per heavy atom. The minimum absolute atomic E-state index is 0.614. The van der Waals surface area contributed by atoms with Crippen molar-refractivity contribution in [3.8, 4) is 0 Å². The third-order valence-electron chi connectivity index (χ3n) is 2.55. The van der Waals surface area contributed by atoms with Gasteiger partial charge in [0.2, 0.25) is 0 Å². The van der Waals surface area contributed by atoms with E-state index in [1.807, 2.05) is 31.2 Å². The van der Waals surface area contributed by atoms with Crippen LogP contribution in [0, 0.1) is 6.92 Å². The molecule has 0 aliphatic carbocycles. The highest BCUT2D eigenvalue weighted by atomic mass is 16.4.